The molecular weight excluding hydrogens is 376 g/mol. The number of carbonyl (C=O) groups is 1. The fraction of sp³-hybridized carbons (Fsp3) is 0.167. The zero-order valence-electron chi connectivity index (χ0n) is 13.5. The smallest absolute Gasteiger partial charge is 0.185 e. The van der Waals surface area contributed by atoms with Gasteiger partial charge in [-0.15, -0.1) is 0 Å². The van der Waals surface area contributed by atoms with E-state index in [1.54, 1.807) is 36.4 Å². The number of phenolic OH excluding ortho intramolecular Hbond substituents is 1. The van der Waals surface area contributed by atoms with E-state index in [9.17, 15) is 9.90 Å². The normalized spacial score (nSPS) is 10.7. The number of rotatable bonds is 6. The molecule has 24 heavy (non-hydrogen) atoms. The van der Waals surface area contributed by atoms with Crippen molar-refractivity contribution >= 4 is 27.8 Å². The third-order valence-electron chi connectivity index (χ3n) is 3.37. The number of hydrogen-bond acceptors (Lipinski definition) is 5. The fourth-order valence-electron chi connectivity index (χ4n) is 2.10. The van der Waals surface area contributed by atoms with E-state index in [-0.39, 0.29) is 11.5 Å². The topological polar surface area (TPSA) is 65.0 Å². The second-order valence-electron chi connectivity index (χ2n) is 4.82. The van der Waals surface area contributed by atoms with Gasteiger partial charge in [-0.05, 0) is 57.9 Å². The molecule has 1 N–H and O–H groups in total. The maximum Gasteiger partial charge on any atom is 0.185 e. The van der Waals surface area contributed by atoms with E-state index in [4.69, 9.17) is 14.2 Å². The molecule has 5 nitrogen and oxygen atoms in total. The van der Waals surface area contributed by atoms with Crippen LogP contribution in [0.1, 0.15) is 15.9 Å². The van der Waals surface area contributed by atoms with Crippen molar-refractivity contribution in [1.82, 2.24) is 0 Å². The third kappa shape index (κ3) is 3.89. The molecule has 0 aromatic heterocycles. The lowest BCUT2D eigenvalue weighted by Crippen LogP contribution is -1.97. The van der Waals surface area contributed by atoms with Gasteiger partial charge in [0.1, 0.15) is 0 Å². The van der Waals surface area contributed by atoms with Crippen LogP contribution in [-0.4, -0.2) is 32.2 Å². The van der Waals surface area contributed by atoms with Gasteiger partial charge >= 0.3 is 0 Å². The molecule has 0 aliphatic carbocycles. The number of allylic oxidation sites excluding steroid dienone is 1. The Bertz CT molecular complexity index is 783. The lowest BCUT2D eigenvalue weighted by atomic mass is 10.1. The van der Waals surface area contributed by atoms with Crippen LogP contribution in [0.4, 0.5) is 0 Å². The Hall–Kier alpha value is -2.47. The molecule has 2 aromatic rings. The van der Waals surface area contributed by atoms with Crippen LogP contribution in [0, 0.1) is 0 Å². The van der Waals surface area contributed by atoms with Crippen molar-refractivity contribution in [3.63, 3.8) is 0 Å². The van der Waals surface area contributed by atoms with Crippen LogP contribution in [0.2, 0.25) is 0 Å². The lowest BCUT2D eigenvalue weighted by Gasteiger charge is -2.08. The first-order valence-electron chi connectivity index (χ1n) is 7.01. The SMILES string of the molecule is COc1ccc(C(=O)/C=C/c2cc(Br)c(O)c(OC)c2)cc1OC. The maximum absolute atomic E-state index is 12.3. The van der Waals surface area contributed by atoms with Gasteiger partial charge in [0, 0.05) is 5.56 Å². The number of ketones is 1. The van der Waals surface area contributed by atoms with Gasteiger partial charge in [-0.1, -0.05) is 6.08 Å². The highest BCUT2D eigenvalue weighted by Gasteiger charge is 2.10. The molecule has 0 radical (unpaired) electrons. The molecule has 0 saturated heterocycles. The molecule has 0 aliphatic heterocycles. The highest BCUT2D eigenvalue weighted by atomic mass is 79.9. The van der Waals surface area contributed by atoms with E-state index in [2.05, 4.69) is 15.9 Å². The molecule has 0 amide bonds. The summed E-state index contributed by atoms with van der Waals surface area (Å²) >= 11 is 3.25. The number of phenols is 1. The number of carbonyl (C=O) groups excluding carboxylic acids is 1. The van der Waals surface area contributed by atoms with Crippen molar-refractivity contribution in [1.29, 1.82) is 0 Å². The molecule has 0 unspecified atom stereocenters. The Morgan fingerprint density at radius 2 is 1.67 bits per heavy atom. The lowest BCUT2D eigenvalue weighted by molar-refractivity contribution is 0.104. The molecule has 0 fully saturated rings. The van der Waals surface area contributed by atoms with Gasteiger partial charge in [-0.2, -0.15) is 0 Å². The van der Waals surface area contributed by atoms with Gasteiger partial charge in [0.25, 0.3) is 0 Å². The molecule has 2 aromatic carbocycles. The highest BCUT2D eigenvalue weighted by molar-refractivity contribution is 9.10. The quantitative estimate of drug-likeness (QED) is 0.592. The van der Waals surface area contributed by atoms with Crippen LogP contribution < -0.4 is 14.2 Å². The predicted molar refractivity (Wildman–Crippen MR) is 95.3 cm³/mol. The summed E-state index contributed by atoms with van der Waals surface area (Å²) in [5.74, 6) is 1.21. The molecule has 0 heterocycles. The molecule has 0 spiro atoms. The summed E-state index contributed by atoms with van der Waals surface area (Å²) in [6.07, 6.45) is 3.09. The molecule has 0 saturated carbocycles. The Kier molecular flexibility index (Phi) is 5.87. The molecule has 0 aliphatic rings. The van der Waals surface area contributed by atoms with E-state index in [0.717, 1.165) is 0 Å². The molecule has 0 atom stereocenters. The predicted octanol–water partition coefficient (Wildman–Crippen LogP) is 4.08. The average molecular weight is 393 g/mol. The Labute approximate surface area is 148 Å². The highest BCUT2D eigenvalue weighted by Crippen LogP contribution is 2.35. The Morgan fingerprint density at radius 1 is 1.00 bits per heavy atom. The number of halogens is 1. The number of aromatic hydroxyl groups is 1. The van der Waals surface area contributed by atoms with Gasteiger partial charge < -0.3 is 19.3 Å². The van der Waals surface area contributed by atoms with E-state index >= 15 is 0 Å². The summed E-state index contributed by atoms with van der Waals surface area (Å²) < 4.78 is 15.9. The molecule has 126 valence electrons. The Balaban J connectivity index is 2.26. The molecule has 0 bridgehead atoms. The van der Waals surface area contributed by atoms with Gasteiger partial charge in [-0.25, -0.2) is 0 Å². The van der Waals surface area contributed by atoms with Crippen molar-refractivity contribution in [3.05, 3.63) is 52.0 Å². The summed E-state index contributed by atoms with van der Waals surface area (Å²) in [6.45, 7) is 0. The molecular formula is C18H17BrO5. The van der Waals surface area contributed by atoms with Crippen molar-refractivity contribution in [3.8, 4) is 23.0 Å². The summed E-state index contributed by atoms with van der Waals surface area (Å²) in [5, 5.41) is 9.80. The molecule has 6 heteroatoms. The zero-order valence-corrected chi connectivity index (χ0v) is 15.1. The van der Waals surface area contributed by atoms with Crippen LogP contribution in [-0.2, 0) is 0 Å². The van der Waals surface area contributed by atoms with Crippen molar-refractivity contribution in [2.45, 2.75) is 0 Å². The average Bonchev–Trinajstić information content (AvgIpc) is 2.61. The van der Waals surface area contributed by atoms with Crippen LogP contribution in [0.3, 0.4) is 0 Å². The minimum Gasteiger partial charge on any atom is -0.503 e. The first kappa shape index (κ1) is 17.9. The second-order valence-corrected chi connectivity index (χ2v) is 5.68. The zero-order chi connectivity index (χ0) is 17.7. The van der Waals surface area contributed by atoms with E-state index in [1.165, 1.54) is 27.4 Å². The minimum absolute atomic E-state index is 0.0147. The summed E-state index contributed by atoms with van der Waals surface area (Å²) in [6, 6.07) is 8.30. The van der Waals surface area contributed by atoms with Gasteiger partial charge in [0.15, 0.2) is 28.8 Å². The van der Waals surface area contributed by atoms with Crippen LogP contribution in [0.5, 0.6) is 23.0 Å². The second kappa shape index (κ2) is 7.88. The number of hydrogen-bond donors (Lipinski definition) is 1. The third-order valence-corrected chi connectivity index (χ3v) is 3.97. The van der Waals surface area contributed by atoms with Gasteiger partial charge in [0.05, 0.1) is 25.8 Å². The van der Waals surface area contributed by atoms with Crippen molar-refractivity contribution in [2.75, 3.05) is 21.3 Å². The van der Waals surface area contributed by atoms with Crippen molar-refractivity contribution < 1.29 is 24.1 Å². The van der Waals surface area contributed by atoms with Gasteiger partial charge in [-0.3, -0.25) is 4.79 Å². The standard InChI is InChI=1S/C18H17BrO5/c1-22-15-7-5-12(10-16(15)23-2)14(20)6-4-11-8-13(19)18(21)17(9-11)24-3/h4-10,21H,1-3H3/b6-4+. The van der Waals surface area contributed by atoms with Crippen LogP contribution in [0.25, 0.3) is 6.08 Å². The fourth-order valence-corrected chi connectivity index (χ4v) is 2.56. The van der Waals surface area contributed by atoms with Crippen molar-refractivity contribution in [2.24, 2.45) is 0 Å². The Morgan fingerprint density at radius 3 is 2.29 bits per heavy atom. The minimum atomic E-state index is -0.181. The number of ether oxygens (including phenoxy) is 3. The van der Waals surface area contributed by atoms with E-state index < -0.39 is 0 Å². The largest absolute Gasteiger partial charge is 0.503 e. The summed E-state index contributed by atoms with van der Waals surface area (Å²) in [5.41, 5.74) is 1.19. The first-order valence-corrected chi connectivity index (χ1v) is 7.80. The number of methoxy groups -OCH3 is 3. The van der Waals surface area contributed by atoms with Gasteiger partial charge in [0.2, 0.25) is 0 Å². The maximum atomic E-state index is 12.3. The summed E-state index contributed by atoms with van der Waals surface area (Å²) in [4.78, 5) is 12.3. The molecule has 2 rings (SSSR count). The van der Waals surface area contributed by atoms with Crippen LogP contribution in [0.15, 0.2) is 40.9 Å². The first-order chi connectivity index (χ1) is 11.5. The monoisotopic (exact) mass is 392 g/mol. The van der Waals surface area contributed by atoms with Crippen LogP contribution >= 0.6 is 15.9 Å². The van der Waals surface area contributed by atoms with E-state index in [1.807, 2.05) is 0 Å². The number of benzene rings is 2. The van der Waals surface area contributed by atoms with E-state index in [0.29, 0.717) is 32.8 Å². The summed E-state index contributed by atoms with van der Waals surface area (Å²) in [7, 11) is 4.52.